The highest BCUT2D eigenvalue weighted by Crippen LogP contribution is 2.38. The Morgan fingerprint density at radius 1 is 0.304 bits per heavy atom. The van der Waals surface area contributed by atoms with E-state index in [1.54, 1.807) is 12.4 Å². The average Bonchev–Trinajstić information content (AvgIpc) is 3.80. The van der Waals surface area contributed by atoms with Gasteiger partial charge in [-0.15, -0.1) is 0 Å². The van der Waals surface area contributed by atoms with Crippen molar-refractivity contribution in [1.29, 1.82) is 0 Å². The van der Waals surface area contributed by atoms with Crippen molar-refractivity contribution in [1.82, 2.24) is 24.1 Å². The van der Waals surface area contributed by atoms with Crippen LogP contribution in [-0.4, -0.2) is 24.1 Å². The van der Waals surface area contributed by atoms with E-state index in [1.807, 2.05) is 36.7 Å². The Bertz CT molecular complexity index is 2940. The molecule has 0 aliphatic heterocycles. The molecule has 0 radical (unpaired) electrons. The maximum atomic E-state index is 5.03. The van der Waals surface area contributed by atoms with Gasteiger partial charge in [-0.3, -0.25) is 9.97 Å². The molecule has 0 aliphatic carbocycles. The lowest BCUT2D eigenvalue weighted by atomic mass is 9.97. The van der Waals surface area contributed by atoms with Crippen molar-refractivity contribution in [3.63, 3.8) is 0 Å². The minimum atomic E-state index is 0.869. The molecule has 0 unspecified atom stereocenters. The van der Waals surface area contributed by atoms with Crippen molar-refractivity contribution in [2.75, 3.05) is 0 Å². The van der Waals surface area contributed by atoms with Crippen LogP contribution in [0.2, 0.25) is 0 Å². The molecular weight excluding hydrogens is 683 g/mol. The number of fused-ring (bicyclic) bond motifs is 6. The van der Waals surface area contributed by atoms with E-state index in [9.17, 15) is 0 Å². The number of pyridine rings is 3. The van der Waals surface area contributed by atoms with E-state index in [-0.39, 0.29) is 0 Å². The van der Waals surface area contributed by atoms with E-state index >= 15 is 0 Å². The Morgan fingerprint density at radius 2 is 0.679 bits per heavy atom. The summed E-state index contributed by atoms with van der Waals surface area (Å²) in [7, 11) is 0. The van der Waals surface area contributed by atoms with Gasteiger partial charge in [-0.25, -0.2) is 4.98 Å². The van der Waals surface area contributed by atoms with Crippen LogP contribution in [0, 0.1) is 0 Å². The van der Waals surface area contributed by atoms with Crippen molar-refractivity contribution in [3.8, 4) is 56.1 Å². The van der Waals surface area contributed by atoms with Crippen LogP contribution in [0.5, 0.6) is 0 Å². The zero-order chi connectivity index (χ0) is 37.0. The largest absolute Gasteiger partial charge is 0.309 e. The Balaban J connectivity index is 1.11. The van der Waals surface area contributed by atoms with E-state index in [1.165, 1.54) is 43.6 Å². The minimum Gasteiger partial charge on any atom is -0.309 e. The van der Waals surface area contributed by atoms with Crippen molar-refractivity contribution in [3.05, 3.63) is 201 Å². The maximum absolute atomic E-state index is 5.03. The predicted octanol–water partition coefficient (Wildman–Crippen LogP) is 12.7. The quantitative estimate of drug-likeness (QED) is 0.172. The lowest BCUT2D eigenvalue weighted by Gasteiger charge is -2.16. The maximum Gasteiger partial charge on any atom is 0.0731 e. The normalized spacial score (nSPS) is 11.6. The third kappa shape index (κ3) is 5.29. The summed E-state index contributed by atoms with van der Waals surface area (Å²) in [6.45, 7) is 0. The van der Waals surface area contributed by atoms with Crippen molar-refractivity contribution >= 4 is 43.6 Å². The van der Waals surface area contributed by atoms with Gasteiger partial charge in [-0.05, 0) is 101 Å². The highest BCUT2D eigenvalue weighted by Gasteiger charge is 2.17. The van der Waals surface area contributed by atoms with Crippen LogP contribution in [-0.2, 0) is 0 Å². The highest BCUT2D eigenvalue weighted by molar-refractivity contribution is 6.10. The zero-order valence-corrected chi connectivity index (χ0v) is 30.3. The second-order valence-electron chi connectivity index (χ2n) is 14.2. The minimum absolute atomic E-state index is 0.869. The number of benzene rings is 6. The van der Waals surface area contributed by atoms with E-state index in [2.05, 4.69) is 171 Å². The molecule has 0 saturated carbocycles. The van der Waals surface area contributed by atoms with Crippen LogP contribution in [0.4, 0.5) is 0 Å². The van der Waals surface area contributed by atoms with Crippen molar-refractivity contribution in [2.24, 2.45) is 0 Å². The first-order valence-corrected chi connectivity index (χ1v) is 18.8. The summed E-state index contributed by atoms with van der Waals surface area (Å²) in [5.41, 5.74) is 15.1. The topological polar surface area (TPSA) is 48.5 Å². The summed E-state index contributed by atoms with van der Waals surface area (Å²) in [5.74, 6) is 0. The van der Waals surface area contributed by atoms with Gasteiger partial charge in [0.2, 0.25) is 0 Å². The first-order chi connectivity index (χ1) is 27.8. The third-order valence-electron chi connectivity index (χ3n) is 10.9. The lowest BCUT2D eigenvalue weighted by Crippen LogP contribution is -2.00. The number of hydrogen-bond acceptors (Lipinski definition) is 3. The highest BCUT2D eigenvalue weighted by atomic mass is 15.0. The fourth-order valence-electron chi connectivity index (χ4n) is 8.30. The van der Waals surface area contributed by atoms with E-state index in [0.717, 1.165) is 56.1 Å². The number of para-hydroxylation sites is 4. The summed E-state index contributed by atoms with van der Waals surface area (Å²) in [6.07, 6.45) is 7.30. The molecule has 11 rings (SSSR count). The molecule has 262 valence electrons. The molecule has 0 spiro atoms. The molecule has 0 N–H and O–H groups in total. The van der Waals surface area contributed by atoms with Gasteiger partial charge in [-0.1, -0.05) is 97.1 Å². The third-order valence-corrected chi connectivity index (χ3v) is 10.9. The van der Waals surface area contributed by atoms with Crippen LogP contribution in [0.15, 0.2) is 201 Å². The number of rotatable bonds is 6. The molecule has 0 amide bonds. The zero-order valence-electron chi connectivity index (χ0n) is 30.3. The molecule has 0 aliphatic rings. The van der Waals surface area contributed by atoms with Crippen LogP contribution >= 0.6 is 0 Å². The first kappa shape index (κ1) is 31.9. The second-order valence-corrected chi connectivity index (χ2v) is 14.2. The molecular formula is C51H33N5. The summed E-state index contributed by atoms with van der Waals surface area (Å²) >= 11 is 0. The van der Waals surface area contributed by atoms with Crippen LogP contribution < -0.4 is 0 Å². The molecule has 6 aromatic carbocycles. The molecule has 5 heterocycles. The fourth-order valence-corrected chi connectivity index (χ4v) is 8.30. The van der Waals surface area contributed by atoms with Crippen LogP contribution in [0.3, 0.4) is 0 Å². The number of nitrogens with zero attached hydrogens (tertiary/aromatic N) is 5. The van der Waals surface area contributed by atoms with Crippen molar-refractivity contribution < 1.29 is 0 Å². The average molecular weight is 716 g/mol. The van der Waals surface area contributed by atoms with Gasteiger partial charge in [0.05, 0.1) is 33.5 Å². The Labute approximate surface area is 323 Å². The summed E-state index contributed by atoms with van der Waals surface area (Å²) in [6, 6.07) is 63.1. The lowest BCUT2D eigenvalue weighted by molar-refractivity contribution is 1.13. The molecule has 11 aromatic rings. The van der Waals surface area contributed by atoms with Gasteiger partial charge in [-0.2, -0.15) is 0 Å². The van der Waals surface area contributed by atoms with Gasteiger partial charge in [0.15, 0.2) is 0 Å². The molecule has 5 heteroatoms. The van der Waals surface area contributed by atoms with Gasteiger partial charge >= 0.3 is 0 Å². The molecule has 0 saturated heterocycles. The standard InChI is InChI=1S/C51H33N5/c1-5-17-48-42(13-1)43-14-2-6-18-49(43)55(48)40-27-38(28-41(31-40)56-50-19-7-3-15-44(50)45-16-4-8-20-51(45)56)34-21-23-35(24-22-34)39-29-46(36-11-9-25-52-32-36)54-47(30-39)37-12-10-26-53-33-37/h1-33H. The van der Waals surface area contributed by atoms with E-state index in [0.29, 0.717) is 0 Å². The SMILES string of the molecule is c1cncc(-c2cc(-c3ccc(-c4cc(-n5c6ccccc6c6ccccc65)cc(-n5c6ccccc6c6ccccc65)c4)cc3)cc(-c3cccnc3)n2)c1. The van der Waals surface area contributed by atoms with Gasteiger partial charge in [0.25, 0.3) is 0 Å². The van der Waals surface area contributed by atoms with Crippen molar-refractivity contribution in [2.45, 2.75) is 0 Å². The monoisotopic (exact) mass is 715 g/mol. The number of aromatic nitrogens is 5. The van der Waals surface area contributed by atoms with E-state index < -0.39 is 0 Å². The second kappa shape index (κ2) is 13.0. The Kier molecular flexibility index (Phi) is 7.42. The van der Waals surface area contributed by atoms with Crippen LogP contribution in [0.25, 0.3) is 99.8 Å². The molecule has 0 fully saturated rings. The summed E-state index contributed by atoms with van der Waals surface area (Å²) in [5, 5.41) is 4.96. The Morgan fingerprint density at radius 3 is 1.05 bits per heavy atom. The van der Waals surface area contributed by atoms with E-state index in [4.69, 9.17) is 4.98 Å². The van der Waals surface area contributed by atoms with Gasteiger partial charge in [0, 0.05) is 68.8 Å². The van der Waals surface area contributed by atoms with Gasteiger partial charge in [0.1, 0.15) is 0 Å². The Hall–Kier alpha value is -7.63. The summed E-state index contributed by atoms with van der Waals surface area (Å²) in [4.78, 5) is 13.8. The number of hydrogen-bond donors (Lipinski definition) is 0. The first-order valence-electron chi connectivity index (χ1n) is 18.8. The summed E-state index contributed by atoms with van der Waals surface area (Å²) < 4.78 is 4.83. The smallest absolute Gasteiger partial charge is 0.0731 e. The molecule has 0 atom stereocenters. The molecule has 56 heavy (non-hydrogen) atoms. The predicted molar refractivity (Wildman–Crippen MR) is 230 cm³/mol. The van der Waals surface area contributed by atoms with Gasteiger partial charge < -0.3 is 9.13 Å². The molecule has 5 nitrogen and oxygen atoms in total. The fraction of sp³-hybridized carbons (Fsp3) is 0. The molecule has 5 aromatic heterocycles. The van der Waals surface area contributed by atoms with Crippen LogP contribution in [0.1, 0.15) is 0 Å². The molecule has 0 bridgehead atoms.